The Kier molecular flexibility index (Phi) is 8.50. The monoisotopic (exact) mass is 545 g/mol. The molecule has 1 N–H and O–H groups in total. The molecule has 3 atom stereocenters. The maximum Gasteiger partial charge on any atom is 0.308 e. The largest absolute Gasteiger partial charge is 0.494 e. The Hall–Kier alpha value is -3.32. The molecular weight excluding hydrogens is 502 g/mol. The fraction of sp³-hybridized carbons (Fsp3) is 0.515. The van der Waals surface area contributed by atoms with Crippen molar-refractivity contribution in [2.75, 3.05) is 34.4 Å². The highest BCUT2D eigenvalue weighted by Gasteiger charge is 2.50. The fourth-order valence-corrected chi connectivity index (χ4v) is 6.46. The molecule has 2 bridgehead atoms. The third-order valence-corrected chi connectivity index (χ3v) is 8.73. The Morgan fingerprint density at radius 2 is 1.82 bits per heavy atom. The van der Waals surface area contributed by atoms with E-state index >= 15 is 0 Å². The first-order valence-corrected chi connectivity index (χ1v) is 14.6. The highest BCUT2D eigenvalue weighted by Crippen LogP contribution is 2.53. The second-order valence-corrected chi connectivity index (χ2v) is 11.7. The Morgan fingerprint density at radius 1 is 1.07 bits per heavy atom. The van der Waals surface area contributed by atoms with Gasteiger partial charge in [0.15, 0.2) is 0 Å². The molecule has 7 heteroatoms. The van der Waals surface area contributed by atoms with Crippen LogP contribution in [0.1, 0.15) is 57.3 Å². The third kappa shape index (κ3) is 5.75. The molecule has 6 rings (SSSR count). The Bertz CT molecular complexity index is 1310. The topological polar surface area (TPSA) is 76.7 Å². The molecule has 1 saturated carbocycles. The minimum absolute atomic E-state index is 0.0828. The molecule has 3 aliphatic rings. The van der Waals surface area contributed by atoms with Crippen LogP contribution in [0, 0.1) is 17.8 Å². The summed E-state index contributed by atoms with van der Waals surface area (Å²) in [6.45, 7) is 5.67. The number of methoxy groups -OCH3 is 2. The first-order chi connectivity index (χ1) is 19.3. The standard InChI is InChI=1S/C33H43N3O4/c1-22(2)32(37)40-33(21-24-13-14-25(33)20-26(24)23-10-7-6-8-11-23)17-19-36(3)18-9-12-29-34-30-27(38-4)15-16-28(39-5)31(30)35-29/h6-8,10-11,15-16,20,22,24-25H,9,12-14,17-19,21H2,1-5H3,(H,34,35)/t24-,25+,33+/m1/s1. The van der Waals surface area contributed by atoms with Gasteiger partial charge in [0.25, 0.3) is 0 Å². The number of ether oxygens (including phenoxy) is 3. The van der Waals surface area contributed by atoms with Crippen molar-refractivity contribution in [2.24, 2.45) is 17.8 Å². The van der Waals surface area contributed by atoms with Crippen LogP contribution in [0.15, 0.2) is 48.5 Å². The van der Waals surface area contributed by atoms with Crippen molar-refractivity contribution < 1.29 is 19.0 Å². The predicted molar refractivity (Wildman–Crippen MR) is 159 cm³/mol. The number of aromatic nitrogens is 2. The van der Waals surface area contributed by atoms with E-state index < -0.39 is 5.60 Å². The highest BCUT2D eigenvalue weighted by molar-refractivity contribution is 5.87. The maximum absolute atomic E-state index is 12.9. The van der Waals surface area contributed by atoms with Gasteiger partial charge in [-0.25, -0.2) is 4.98 Å². The van der Waals surface area contributed by atoms with E-state index in [2.05, 4.69) is 53.3 Å². The Morgan fingerprint density at radius 3 is 2.50 bits per heavy atom. The molecule has 0 spiro atoms. The summed E-state index contributed by atoms with van der Waals surface area (Å²) in [5.74, 6) is 2.90. The second-order valence-electron chi connectivity index (χ2n) is 11.7. The van der Waals surface area contributed by atoms with E-state index in [0.29, 0.717) is 5.92 Å². The van der Waals surface area contributed by atoms with Crippen LogP contribution in [0.25, 0.3) is 16.6 Å². The van der Waals surface area contributed by atoms with Gasteiger partial charge in [-0.3, -0.25) is 4.79 Å². The zero-order chi connectivity index (χ0) is 28.3. The summed E-state index contributed by atoms with van der Waals surface area (Å²) in [4.78, 5) is 23.5. The number of aromatic amines is 1. The quantitative estimate of drug-likeness (QED) is 0.270. The lowest BCUT2D eigenvalue weighted by atomic mass is 9.60. The van der Waals surface area contributed by atoms with Gasteiger partial charge >= 0.3 is 5.97 Å². The third-order valence-electron chi connectivity index (χ3n) is 8.73. The summed E-state index contributed by atoms with van der Waals surface area (Å²) in [5.41, 5.74) is 3.98. The van der Waals surface area contributed by atoms with Crippen molar-refractivity contribution in [2.45, 2.75) is 58.0 Å². The highest BCUT2D eigenvalue weighted by atomic mass is 16.6. The van der Waals surface area contributed by atoms with E-state index in [1.165, 1.54) is 11.1 Å². The smallest absolute Gasteiger partial charge is 0.308 e. The summed E-state index contributed by atoms with van der Waals surface area (Å²) >= 11 is 0. The van der Waals surface area contributed by atoms with Gasteiger partial charge in [-0.2, -0.15) is 0 Å². The van der Waals surface area contributed by atoms with Gasteiger partial charge in [-0.15, -0.1) is 0 Å². The van der Waals surface area contributed by atoms with Crippen molar-refractivity contribution >= 4 is 22.6 Å². The minimum atomic E-state index is -0.428. The molecular formula is C33H43N3O4. The number of H-pyrrole nitrogens is 1. The molecule has 7 nitrogen and oxygen atoms in total. The van der Waals surface area contributed by atoms with Crippen LogP contribution in [0.4, 0.5) is 0 Å². The van der Waals surface area contributed by atoms with Crippen molar-refractivity contribution in [3.63, 3.8) is 0 Å². The molecule has 2 aromatic carbocycles. The number of carbonyl (C=O) groups is 1. The van der Waals surface area contributed by atoms with Crippen molar-refractivity contribution in [1.29, 1.82) is 0 Å². The SMILES string of the molecule is COc1ccc(OC)c2[nH]c(CCCN(C)CC[C@]3(OC(=O)C(C)C)C[C@H]4CC[C@H]3C=C4c3ccccc3)nc12. The predicted octanol–water partition coefficient (Wildman–Crippen LogP) is 6.29. The normalized spacial score (nSPS) is 22.1. The zero-order valence-electron chi connectivity index (χ0n) is 24.5. The van der Waals surface area contributed by atoms with E-state index in [1.807, 2.05) is 26.0 Å². The summed E-state index contributed by atoms with van der Waals surface area (Å²) in [6.07, 6.45) is 8.21. The number of hydrogen-bond donors (Lipinski definition) is 1. The molecule has 214 valence electrons. The number of benzene rings is 2. The number of nitrogens with zero attached hydrogens (tertiary/aromatic N) is 2. The molecule has 3 aliphatic carbocycles. The van der Waals surface area contributed by atoms with Gasteiger partial charge in [-0.1, -0.05) is 50.3 Å². The second kappa shape index (κ2) is 12.0. The van der Waals surface area contributed by atoms with Gasteiger partial charge in [0.1, 0.15) is 34.0 Å². The lowest BCUT2D eigenvalue weighted by Gasteiger charge is -2.50. The van der Waals surface area contributed by atoms with Crippen LogP contribution >= 0.6 is 0 Å². The number of fused-ring (bicyclic) bond motifs is 3. The van der Waals surface area contributed by atoms with Crippen LogP contribution in [0.2, 0.25) is 0 Å². The number of rotatable bonds is 12. The molecule has 3 aromatic rings. The number of imidazole rings is 1. The van der Waals surface area contributed by atoms with Crippen LogP contribution in [-0.4, -0.2) is 60.8 Å². The molecule has 0 amide bonds. The van der Waals surface area contributed by atoms with Crippen molar-refractivity contribution in [1.82, 2.24) is 14.9 Å². The minimum Gasteiger partial charge on any atom is -0.494 e. The van der Waals surface area contributed by atoms with Gasteiger partial charge in [0, 0.05) is 25.3 Å². The Labute approximate surface area is 237 Å². The number of esters is 1. The first-order valence-electron chi connectivity index (χ1n) is 14.6. The van der Waals surface area contributed by atoms with Gasteiger partial charge in [-0.05, 0) is 68.5 Å². The number of hydrogen-bond acceptors (Lipinski definition) is 6. The first kappa shape index (κ1) is 28.2. The molecule has 1 fully saturated rings. The lowest BCUT2D eigenvalue weighted by Crippen LogP contribution is -2.51. The molecule has 1 aromatic heterocycles. The molecule has 40 heavy (non-hydrogen) atoms. The van der Waals surface area contributed by atoms with E-state index in [4.69, 9.17) is 19.2 Å². The van der Waals surface area contributed by atoms with E-state index in [0.717, 1.165) is 80.0 Å². The maximum atomic E-state index is 12.9. The molecule has 0 unspecified atom stereocenters. The summed E-state index contributed by atoms with van der Waals surface area (Å²) in [7, 11) is 5.49. The average Bonchev–Trinajstić information content (AvgIpc) is 3.40. The number of aryl methyl sites for hydroxylation is 1. The summed E-state index contributed by atoms with van der Waals surface area (Å²) < 4.78 is 17.4. The van der Waals surface area contributed by atoms with Gasteiger partial charge in [0.05, 0.1) is 20.1 Å². The fourth-order valence-electron chi connectivity index (χ4n) is 6.46. The van der Waals surface area contributed by atoms with E-state index in [-0.39, 0.29) is 17.8 Å². The van der Waals surface area contributed by atoms with E-state index in [1.54, 1.807) is 14.2 Å². The molecule has 0 aliphatic heterocycles. The van der Waals surface area contributed by atoms with Crippen LogP contribution in [0.5, 0.6) is 11.5 Å². The lowest BCUT2D eigenvalue weighted by molar-refractivity contribution is -0.176. The van der Waals surface area contributed by atoms with Gasteiger partial charge in [0.2, 0.25) is 0 Å². The van der Waals surface area contributed by atoms with E-state index in [9.17, 15) is 4.79 Å². The number of nitrogens with one attached hydrogen (secondary N) is 1. The molecule has 0 radical (unpaired) electrons. The van der Waals surface area contributed by atoms with Crippen molar-refractivity contribution in [3.8, 4) is 11.5 Å². The molecule has 1 heterocycles. The average molecular weight is 546 g/mol. The van der Waals surface area contributed by atoms with Gasteiger partial charge < -0.3 is 24.1 Å². The van der Waals surface area contributed by atoms with Crippen LogP contribution < -0.4 is 9.47 Å². The summed E-state index contributed by atoms with van der Waals surface area (Å²) in [6, 6.07) is 14.5. The van der Waals surface area contributed by atoms with Crippen LogP contribution in [0.3, 0.4) is 0 Å². The van der Waals surface area contributed by atoms with Crippen molar-refractivity contribution in [3.05, 3.63) is 59.9 Å². The zero-order valence-corrected chi connectivity index (χ0v) is 24.5. The number of allylic oxidation sites excluding steroid dienone is 1. The summed E-state index contributed by atoms with van der Waals surface area (Å²) in [5, 5.41) is 0. The Balaban J connectivity index is 1.24. The molecule has 0 saturated heterocycles. The number of carbonyl (C=O) groups excluding carboxylic acids is 1. The van der Waals surface area contributed by atoms with Crippen LogP contribution in [-0.2, 0) is 16.0 Å².